The van der Waals surface area contributed by atoms with Gasteiger partial charge >= 0.3 is 0 Å². The van der Waals surface area contributed by atoms with Gasteiger partial charge in [-0.2, -0.15) is 0 Å². The zero-order valence-electron chi connectivity index (χ0n) is 7.40. The Kier molecular flexibility index (Phi) is 4.93. The van der Waals surface area contributed by atoms with Crippen molar-refractivity contribution in [3.8, 4) is 0 Å². The minimum Gasteiger partial charge on any atom is -0.298 e. The number of hydrogen-bond acceptors (Lipinski definition) is 1. The van der Waals surface area contributed by atoms with Crippen molar-refractivity contribution in [3.63, 3.8) is 0 Å². The Morgan fingerprint density at radius 2 is 2.14 bits per heavy atom. The molecule has 0 N–H and O–H groups in total. The van der Waals surface area contributed by atoms with Crippen molar-refractivity contribution in [2.45, 2.75) is 11.8 Å². The molecule has 0 saturated heterocycles. The van der Waals surface area contributed by atoms with Gasteiger partial charge in [-0.3, -0.25) is 4.79 Å². The van der Waals surface area contributed by atoms with Crippen LogP contribution in [0.1, 0.15) is 11.1 Å². The molecule has 1 rings (SSSR count). The fourth-order valence-corrected chi connectivity index (χ4v) is 2.02. The lowest BCUT2D eigenvalue weighted by Crippen LogP contribution is -2.03. The van der Waals surface area contributed by atoms with E-state index < -0.39 is 0 Å². The first kappa shape index (κ1) is 12.0. The first-order chi connectivity index (χ1) is 6.67. The summed E-state index contributed by atoms with van der Waals surface area (Å²) in [7, 11) is 0. The predicted octanol–water partition coefficient (Wildman–Crippen LogP) is 3.59. The maximum Gasteiger partial charge on any atom is 0.151 e. The van der Waals surface area contributed by atoms with Gasteiger partial charge < -0.3 is 0 Å². The maximum atomic E-state index is 11.1. The second-order valence-corrected chi connectivity index (χ2v) is 4.14. The lowest BCUT2D eigenvalue weighted by atomic mass is 10.1. The van der Waals surface area contributed by atoms with Crippen molar-refractivity contribution < 1.29 is 4.79 Å². The first-order valence-electron chi connectivity index (χ1n) is 4.08. The topological polar surface area (TPSA) is 17.1 Å². The fraction of sp³-hybridized carbons (Fsp3) is 0.300. The van der Waals surface area contributed by atoms with Crippen molar-refractivity contribution in [2.75, 3.05) is 5.88 Å². The monoisotopic (exact) mass is 294 g/mol. The fourth-order valence-electron chi connectivity index (χ4n) is 1.12. The van der Waals surface area contributed by atoms with E-state index in [1.165, 1.54) is 0 Å². The van der Waals surface area contributed by atoms with Crippen LogP contribution in [-0.4, -0.2) is 11.7 Å². The molecule has 0 amide bonds. The van der Waals surface area contributed by atoms with Crippen LogP contribution in [0.4, 0.5) is 0 Å². The van der Waals surface area contributed by atoms with Crippen LogP contribution < -0.4 is 0 Å². The Labute approximate surface area is 102 Å². The Morgan fingerprint density at radius 3 is 2.71 bits per heavy atom. The summed E-state index contributed by atoms with van der Waals surface area (Å²) in [6.07, 6.45) is 0.376. The summed E-state index contributed by atoms with van der Waals surface area (Å²) in [5, 5.41) is 1.40. The summed E-state index contributed by atoms with van der Waals surface area (Å²) in [5.41, 5.74) is 1.95. The minimum atomic E-state index is 0.0227. The van der Waals surface area contributed by atoms with E-state index in [0.717, 1.165) is 11.1 Å². The molecule has 1 aromatic carbocycles. The quantitative estimate of drug-likeness (QED) is 0.776. The molecule has 0 aliphatic rings. The molecule has 1 aromatic rings. The molecule has 1 nitrogen and oxygen atoms in total. The van der Waals surface area contributed by atoms with Gasteiger partial charge in [0.15, 0.2) is 5.78 Å². The largest absolute Gasteiger partial charge is 0.298 e. The van der Waals surface area contributed by atoms with E-state index in [1.807, 2.05) is 12.1 Å². The van der Waals surface area contributed by atoms with Gasteiger partial charge in [-0.25, -0.2) is 0 Å². The highest BCUT2D eigenvalue weighted by Crippen LogP contribution is 2.20. The van der Waals surface area contributed by atoms with Gasteiger partial charge in [0.25, 0.3) is 0 Å². The highest BCUT2D eigenvalue weighted by atomic mass is 79.9. The Hall–Kier alpha value is -0.0500. The smallest absolute Gasteiger partial charge is 0.151 e. The van der Waals surface area contributed by atoms with Crippen molar-refractivity contribution in [2.24, 2.45) is 0 Å². The number of hydrogen-bond donors (Lipinski definition) is 0. The van der Waals surface area contributed by atoms with Crippen LogP contribution in [0.15, 0.2) is 18.2 Å². The number of carbonyl (C=O) groups excluding carboxylic acids is 1. The van der Waals surface area contributed by atoms with Crippen LogP contribution in [0.2, 0.25) is 5.02 Å². The molecule has 0 spiro atoms. The minimum absolute atomic E-state index is 0.0227. The zero-order valence-corrected chi connectivity index (χ0v) is 10.5. The van der Waals surface area contributed by atoms with E-state index in [4.69, 9.17) is 23.2 Å². The third-order valence-electron chi connectivity index (χ3n) is 1.80. The molecule has 0 aliphatic heterocycles. The van der Waals surface area contributed by atoms with Crippen LogP contribution in [0.5, 0.6) is 0 Å². The molecule has 0 saturated carbocycles. The number of halogens is 3. The summed E-state index contributed by atoms with van der Waals surface area (Å²) in [6, 6.07) is 5.56. The molecule has 0 aromatic heterocycles. The van der Waals surface area contributed by atoms with Crippen molar-refractivity contribution in [1.29, 1.82) is 0 Å². The Morgan fingerprint density at radius 1 is 1.43 bits per heavy atom. The van der Waals surface area contributed by atoms with Crippen LogP contribution in [-0.2, 0) is 16.5 Å². The van der Waals surface area contributed by atoms with Gasteiger partial charge in [-0.05, 0) is 17.2 Å². The average Bonchev–Trinajstić information content (AvgIpc) is 2.20. The van der Waals surface area contributed by atoms with E-state index in [0.29, 0.717) is 16.8 Å². The number of benzene rings is 1. The predicted molar refractivity (Wildman–Crippen MR) is 63.5 cm³/mol. The summed E-state index contributed by atoms with van der Waals surface area (Å²) in [6.45, 7) is 0. The van der Waals surface area contributed by atoms with Crippen LogP contribution >= 0.6 is 39.1 Å². The molecular weight excluding hydrogens is 287 g/mol. The van der Waals surface area contributed by atoms with Gasteiger partial charge in [-0.15, -0.1) is 11.6 Å². The van der Waals surface area contributed by atoms with Crippen molar-refractivity contribution >= 4 is 44.9 Å². The standard InChI is InChI=1S/C10H9BrCl2O/c11-5-8-3-7(1-2-10(8)13)4-9(14)6-12/h1-3H,4-6H2. The average molecular weight is 296 g/mol. The van der Waals surface area contributed by atoms with E-state index in [1.54, 1.807) is 6.07 Å². The second kappa shape index (κ2) is 5.74. The molecule has 0 radical (unpaired) electrons. The van der Waals surface area contributed by atoms with E-state index in [2.05, 4.69) is 15.9 Å². The van der Waals surface area contributed by atoms with Crippen LogP contribution in [0.25, 0.3) is 0 Å². The Balaban J connectivity index is 2.84. The molecule has 14 heavy (non-hydrogen) atoms. The molecule has 0 atom stereocenters. The van der Waals surface area contributed by atoms with E-state index in [9.17, 15) is 4.79 Å². The third kappa shape index (κ3) is 3.26. The van der Waals surface area contributed by atoms with Gasteiger partial charge in [0.1, 0.15) is 0 Å². The number of alkyl halides is 2. The van der Waals surface area contributed by atoms with Crippen molar-refractivity contribution in [3.05, 3.63) is 34.3 Å². The van der Waals surface area contributed by atoms with Gasteiger partial charge in [0.05, 0.1) is 5.88 Å². The number of carbonyl (C=O) groups is 1. The van der Waals surface area contributed by atoms with Crippen LogP contribution in [0, 0.1) is 0 Å². The highest BCUT2D eigenvalue weighted by Gasteiger charge is 2.04. The normalized spacial score (nSPS) is 10.2. The number of ketones is 1. The molecule has 4 heteroatoms. The third-order valence-corrected chi connectivity index (χ3v) is 3.08. The first-order valence-corrected chi connectivity index (χ1v) is 6.11. The van der Waals surface area contributed by atoms with Gasteiger partial charge in [-0.1, -0.05) is 39.7 Å². The second-order valence-electron chi connectivity index (χ2n) is 2.91. The molecule has 0 unspecified atom stereocenters. The number of Topliss-reactive ketones (excluding diaryl/α,β-unsaturated/α-hetero) is 1. The maximum absolute atomic E-state index is 11.1. The number of rotatable bonds is 4. The lowest BCUT2D eigenvalue weighted by Gasteiger charge is -2.03. The zero-order chi connectivity index (χ0) is 10.6. The molecular formula is C10H9BrCl2O. The lowest BCUT2D eigenvalue weighted by molar-refractivity contribution is -0.116. The van der Waals surface area contributed by atoms with Crippen LogP contribution in [0.3, 0.4) is 0 Å². The summed E-state index contributed by atoms with van der Waals surface area (Å²) in [5.74, 6) is 0.0845. The SMILES string of the molecule is O=C(CCl)Cc1ccc(Cl)c(CBr)c1. The molecule has 0 aliphatic carbocycles. The molecule has 76 valence electrons. The summed E-state index contributed by atoms with van der Waals surface area (Å²) >= 11 is 14.7. The summed E-state index contributed by atoms with van der Waals surface area (Å²) < 4.78 is 0. The summed E-state index contributed by atoms with van der Waals surface area (Å²) in [4.78, 5) is 11.1. The molecule has 0 bridgehead atoms. The highest BCUT2D eigenvalue weighted by molar-refractivity contribution is 9.08. The van der Waals surface area contributed by atoms with Crippen molar-refractivity contribution in [1.82, 2.24) is 0 Å². The van der Waals surface area contributed by atoms with E-state index in [-0.39, 0.29) is 11.7 Å². The van der Waals surface area contributed by atoms with Gasteiger partial charge in [0.2, 0.25) is 0 Å². The molecule has 0 heterocycles. The van der Waals surface area contributed by atoms with E-state index >= 15 is 0 Å². The molecule has 0 fully saturated rings. The van der Waals surface area contributed by atoms with Gasteiger partial charge in [0, 0.05) is 16.8 Å². The Bertz CT molecular complexity index is 339.